The van der Waals surface area contributed by atoms with E-state index in [1.165, 1.54) is 21.3 Å². The van der Waals surface area contributed by atoms with Gasteiger partial charge in [0.2, 0.25) is 5.75 Å². The van der Waals surface area contributed by atoms with Crippen molar-refractivity contribution >= 4 is 11.7 Å². The van der Waals surface area contributed by atoms with Gasteiger partial charge >= 0.3 is 6.03 Å². The lowest BCUT2D eigenvalue weighted by atomic mass is 10.1. The Morgan fingerprint density at radius 2 is 1.67 bits per heavy atom. The van der Waals surface area contributed by atoms with Gasteiger partial charge in [-0.05, 0) is 12.3 Å². The van der Waals surface area contributed by atoms with Crippen molar-refractivity contribution < 1.29 is 19.0 Å². The van der Waals surface area contributed by atoms with Crippen molar-refractivity contribution in [3.05, 3.63) is 12.1 Å². The number of amides is 2. The summed E-state index contributed by atoms with van der Waals surface area (Å²) in [5, 5.41) is 5.55. The minimum absolute atomic E-state index is 0.259. The van der Waals surface area contributed by atoms with E-state index in [4.69, 9.17) is 14.2 Å². The number of carbonyl (C=O) groups excluding carboxylic acids is 1. The molecule has 0 saturated heterocycles. The molecule has 0 fully saturated rings. The summed E-state index contributed by atoms with van der Waals surface area (Å²) in [5.74, 6) is 2.03. The molecule has 2 amide bonds. The molecule has 6 heteroatoms. The lowest BCUT2D eigenvalue weighted by Crippen LogP contribution is -2.30. The highest BCUT2D eigenvalue weighted by Gasteiger charge is 2.14. The lowest BCUT2D eigenvalue weighted by molar-refractivity contribution is 0.251. The van der Waals surface area contributed by atoms with Crippen LogP contribution in [0, 0.1) is 5.92 Å². The van der Waals surface area contributed by atoms with Gasteiger partial charge in [0.05, 0.1) is 27.0 Å². The van der Waals surface area contributed by atoms with Gasteiger partial charge in [-0.1, -0.05) is 13.8 Å². The number of anilines is 1. The van der Waals surface area contributed by atoms with E-state index in [9.17, 15) is 4.79 Å². The minimum atomic E-state index is -0.259. The number of urea groups is 1. The number of ether oxygens (including phenoxy) is 3. The Morgan fingerprint density at radius 1 is 1.10 bits per heavy atom. The summed E-state index contributed by atoms with van der Waals surface area (Å²) in [7, 11) is 4.60. The summed E-state index contributed by atoms with van der Waals surface area (Å²) in [4.78, 5) is 11.8. The number of hydrogen-bond donors (Lipinski definition) is 2. The van der Waals surface area contributed by atoms with Crippen LogP contribution in [-0.2, 0) is 0 Å². The molecule has 0 aliphatic carbocycles. The van der Waals surface area contributed by atoms with Gasteiger partial charge in [-0.3, -0.25) is 0 Å². The van der Waals surface area contributed by atoms with Crippen molar-refractivity contribution in [2.45, 2.75) is 20.3 Å². The van der Waals surface area contributed by atoms with Gasteiger partial charge < -0.3 is 24.8 Å². The van der Waals surface area contributed by atoms with Crippen LogP contribution in [0.2, 0.25) is 0 Å². The molecule has 1 rings (SSSR count). The molecule has 0 heterocycles. The summed E-state index contributed by atoms with van der Waals surface area (Å²) < 4.78 is 15.7. The van der Waals surface area contributed by atoms with E-state index in [1.807, 2.05) is 0 Å². The second kappa shape index (κ2) is 8.24. The fourth-order valence-corrected chi connectivity index (χ4v) is 1.80. The third-order valence-corrected chi connectivity index (χ3v) is 2.93. The Bertz CT molecular complexity index is 450. The fourth-order valence-electron chi connectivity index (χ4n) is 1.80. The standard InChI is InChI=1S/C15H24N2O4/c1-10(2)6-7-16-15(18)17-11-8-12(19-3)14(21-5)13(9-11)20-4/h8-10H,6-7H2,1-5H3,(H2,16,17,18). The smallest absolute Gasteiger partial charge is 0.319 e. The number of benzene rings is 1. The van der Waals surface area contributed by atoms with Gasteiger partial charge in [0.1, 0.15) is 0 Å². The van der Waals surface area contributed by atoms with E-state index in [0.29, 0.717) is 35.4 Å². The third kappa shape index (κ3) is 5.06. The van der Waals surface area contributed by atoms with Crippen LogP contribution in [0.25, 0.3) is 0 Å². The summed E-state index contributed by atoms with van der Waals surface area (Å²) in [5.41, 5.74) is 0.576. The first-order valence-electron chi connectivity index (χ1n) is 6.86. The molecule has 2 N–H and O–H groups in total. The molecular formula is C15H24N2O4. The highest BCUT2D eigenvalue weighted by molar-refractivity contribution is 5.90. The zero-order valence-electron chi connectivity index (χ0n) is 13.3. The number of carbonyl (C=O) groups is 1. The van der Waals surface area contributed by atoms with E-state index in [0.717, 1.165) is 6.42 Å². The van der Waals surface area contributed by atoms with Crippen molar-refractivity contribution in [3.8, 4) is 17.2 Å². The molecule has 0 aliphatic heterocycles. The SMILES string of the molecule is COc1cc(NC(=O)NCCC(C)C)cc(OC)c1OC. The Balaban J connectivity index is 2.77. The molecule has 0 unspecified atom stereocenters. The van der Waals surface area contributed by atoms with Crippen LogP contribution in [-0.4, -0.2) is 33.9 Å². The fraction of sp³-hybridized carbons (Fsp3) is 0.533. The number of hydrogen-bond acceptors (Lipinski definition) is 4. The maximum atomic E-state index is 11.8. The molecule has 6 nitrogen and oxygen atoms in total. The highest BCUT2D eigenvalue weighted by Crippen LogP contribution is 2.39. The van der Waals surface area contributed by atoms with Crippen molar-refractivity contribution in [1.29, 1.82) is 0 Å². The lowest BCUT2D eigenvalue weighted by Gasteiger charge is -2.15. The van der Waals surface area contributed by atoms with Crippen LogP contribution >= 0.6 is 0 Å². The normalized spacial score (nSPS) is 10.2. The molecule has 21 heavy (non-hydrogen) atoms. The van der Waals surface area contributed by atoms with E-state index >= 15 is 0 Å². The molecular weight excluding hydrogens is 272 g/mol. The van der Waals surface area contributed by atoms with Gasteiger partial charge in [-0.25, -0.2) is 4.79 Å². The average molecular weight is 296 g/mol. The Labute approximate surface area is 125 Å². The van der Waals surface area contributed by atoms with Crippen molar-refractivity contribution in [3.63, 3.8) is 0 Å². The summed E-state index contributed by atoms with van der Waals surface area (Å²) in [6, 6.07) is 3.11. The minimum Gasteiger partial charge on any atom is -0.493 e. The zero-order chi connectivity index (χ0) is 15.8. The van der Waals surface area contributed by atoms with Crippen LogP contribution in [0.15, 0.2) is 12.1 Å². The maximum Gasteiger partial charge on any atom is 0.319 e. The molecule has 1 aromatic rings. The van der Waals surface area contributed by atoms with Crippen molar-refractivity contribution in [2.75, 3.05) is 33.2 Å². The molecule has 0 bridgehead atoms. The summed E-state index contributed by atoms with van der Waals surface area (Å²) in [6.07, 6.45) is 0.933. The van der Waals surface area contributed by atoms with Crippen LogP contribution < -0.4 is 24.8 Å². The second-order valence-corrected chi connectivity index (χ2v) is 4.98. The van der Waals surface area contributed by atoms with Gasteiger partial charge in [-0.2, -0.15) is 0 Å². The zero-order valence-corrected chi connectivity index (χ0v) is 13.3. The van der Waals surface area contributed by atoms with Gasteiger partial charge in [-0.15, -0.1) is 0 Å². The van der Waals surface area contributed by atoms with Crippen LogP contribution in [0.5, 0.6) is 17.2 Å². The monoisotopic (exact) mass is 296 g/mol. The van der Waals surface area contributed by atoms with E-state index in [-0.39, 0.29) is 6.03 Å². The number of rotatable bonds is 7. The predicted molar refractivity (Wildman–Crippen MR) is 82.6 cm³/mol. The molecule has 118 valence electrons. The molecule has 0 radical (unpaired) electrons. The molecule has 0 aliphatic rings. The molecule has 0 spiro atoms. The summed E-state index contributed by atoms with van der Waals surface area (Å²) in [6.45, 7) is 4.85. The first-order valence-corrected chi connectivity index (χ1v) is 6.86. The predicted octanol–water partition coefficient (Wildman–Crippen LogP) is 2.88. The van der Waals surface area contributed by atoms with E-state index < -0.39 is 0 Å². The van der Waals surface area contributed by atoms with Crippen LogP contribution in [0.4, 0.5) is 10.5 Å². The number of methoxy groups -OCH3 is 3. The largest absolute Gasteiger partial charge is 0.493 e. The van der Waals surface area contributed by atoms with E-state index in [2.05, 4.69) is 24.5 Å². The first-order chi connectivity index (χ1) is 10.0. The quantitative estimate of drug-likeness (QED) is 0.812. The molecule has 1 aromatic carbocycles. The van der Waals surface area contributed by atoms with E-state index in [1.54, 1.807) is 12.1 Å². The maximum absolute atomic E-state index is 11.8. The van der Waals surface area contributed by atoms with Gasteiger partial charge in [0.25, 0.3) is 0 Å². The van der Waals surface area contributed by atoms with Crippen LogP contribution in [0.3, 0.4) is 0 Å². The van der Waals surface area contributed by atoms with Crippen LogP contribution in [0.1, 0.15) is 20.3 Å². The Morgan fingerprint density at radius 3 is 2.10 bits per heavy atom. The molecule has 0 saturated carbocycles. The average Bonchev–Trinajstić information content (AvgIpc) is 2.45. The molecule has 0 aromatic heterocycles. The first kappa shape index (κ1) is 16.9. The number of nitrogens with one attached hydrogen (secondary N) is 2. The second-order valence-electron chi connectivity index (χ2n) is 4.98. The summed E-state index contributed by atoms with van der Waals surface area (Å²) >= 11 is 0. The van der Waals surface area contributed by atoms with Crippen molar-refractivity contribution in [1.82, 2.24) is 5.32 Å². The third-order valence-electron chi connectivity index (χ3n) is 2.93. The van der Waals surface area contributed by atoms with Crippen molar-refractivity contribution in [2.24, 2.45) is 5.92 Å². The Hall–Kier alpha value is -2.11. The topological polar surface area (TPSA) is 68.8 Å². The Kier molecular flexibility index (Phi) is 6.65. The highest BCUT2D eigenvalue weighted by atomic mass is 16.5. The van der Waals surface area contributed by atoms with Gasteiger partial charge in [0, 0.05) is 18.7 Å². The van der Waals surface area contributed by atoms with Gasteiger partial charge in [0.15, 0.2) is 11.5 Å². The molecule has 0 atom stereocenters.